The van der Waals surface area contributed by atoms with Crippen molar-refractivity contribution in [2.45, 2.75) is 19.9 Å². The first-order valence-corrected chi connectivity index (χ1v) is 6.82. The van der Waals surface area contributed by atoms with E-state index in [9.17, 15) is 0 Å². The molecule has 92 valence electrons. The van der Waals surface area contributed by atoms with Crippen LogP contribution in [0.15, 0.2) is 35.7 Å². The van der Waals surface area contributed by atoms with Crippen LogP contribution in [0.2, 0.25) is 0 Å². The van der Waals surface area contributed by atoms with Crippen LogP contribution in [0.5, 0.6) is 0 Å². The summed E-state index contributed by atoms with van der Waals surface area (Å²) in [6.45, 7) is 4.24. The van der Waals surface area contributed by atoms with E-state index in [0.29, 0.717) is 5.95 Å². The van der Waals surface area contributed by atoms with Gasteiger partial charge in [0, 0.05) is 4.88 Å². The van der Waals surface area contributed by atoms with Gasteiger partial charge in [-0.05, 0) is 43.0 Å². The SMILES string of the molecule is Cc1ccc2nc(N)n(C(C)c3cccs3)c2c1. The van der Waals surface area contributed by atoms with Crippen LogP contribution < -0.4 is 5.73 Å². The molecule has 2 heterocycles. The highest BCUT2D eigenvalue weighted by molar-refractivity contribution is 7.10. The Morgan fingerprint density at radius 3 is 2.89 bits per heavy atom. The molecule has 3 rings (SSSR count). The molecule has 0 saturated heterocycles. The van der Waals surface area contributed by atoms with Crippen LogP contribution in [-0.4, -0.2) is 9.55 Å². The van der Waals surface area contributed by atoms with Crippen molar-refractivity contribution < 1.29 is 0 Å². The molecule has 0 aliphatic heterocycles. The van der Waals surface area contributed by atoms with Gasteiger partial charge in [0.05, 0.1) is 17.1 Å². The average Bonchev–Trinajstić information content (AvgIpc) is 2.94. The summed E-state index contributed by atoms with van der Waals surface area (Å²) in [7, 11) is 0. The van der Waals surface area contributed by atoms with E-state index in [4.69, 9.17) is 5.73 Å². The largest absolute Gasteiger partial charge is 0.369 e. The Labute approximate surface area is 110 Å². The third kappa shape index (κ3) is 1.69. The topological polar surface area (TPSA) is 43.8 Å². The summed E-state index contributed by atoms with van der Waals surface area (Å²) in [6, 6.07) is 10.7. The molecule has 0 bridgehead atoms. The molecule has 3 aromatic rings. The van der Waals surface area contributed by atoms with Crippen molar-refractivity contribution in [1.29, 1.82) is 0 Å². The number of rotatable bonds is 2. The summed E-state index contributed by atoms with van der Waals surface area (Å²) in [4.78, 5) is 5.72. The normalized spacial score (nSPS) is 13.0. The van der Waals surface area contributed by atoms with Gasteiger partial charge >= 0.3 is 0 Å². The molecule has 0 aliphatic carbocycles. The lowest BCUT2D eigenvalue weighted by Gasteiger charge is -2.14. The molecule has 1 atom stereocenters. The Kier molecular flexibility index (Phi) is 2.59. The van der Waals surface area contributed by atoms with Gasteiger partial charge in [0.25, 0.3) is 0 Å². The predicted octanol–water partition coefficient (Wildman–Crippen LogP) is 3.60. The van der Waals surface area contributed by atoms with Crippen molar-refractivity contribution in [3.05, 3.63) is 46.2 Å². The summed E-state index contributed by atoms with van der Waals surface area (Å²) in [6.07, 6.45) is 0. The molecule has 2 aromatic heterocycles. The van der Waals surface area contributed by atoms with Gasteiger partial charge in [0.2, 0.25) is 5.95 Å². The van der Waals surface area contributed by atoms with Gasteiger partial charge in [0.15, 0.2) is 0 Å². The molecule has 2 N–H and O–H groups in total. The molecule has 3 nitrogen and oxygen atoms in total. The lowest BCUT2D eigenvalue weighted by Crippen LogP contribution is -2.08. The van der Waals surface area contributed by atoms with Gasteiger partial charge in [-0.2, -0.15) is 0 Å². The molecule has 1 aromatic carbocycles. The number of nitrogen functional groups attached to an aromatic ring is 1. The molecule has 0 aliphatic rings. The number of aromatic nitrogens is 2. The zero-order chi connectivity index (χ0) is 12.7. The fraction of sp³-hybridized carbons (Fsp3) is 0.214. The van der Waals surface area contributed by atoms with E-state index in [1.165, 1.54) is 10.4 Å². The minimum Gasteiger partial charge on any atom is -0.369 e. The predicted molar refractivity (Wildman–Crippen MR) is 77.0 cm³/mol. The average molecular weight is 257 g/mol. The third-order valence-corrected chi connectivity index (χ3v) is 4.26. The molecular formula is C14H15N3S. The van der Waals surface area contributed by atoms with Gasteiger partial charge in [-0.25, -0.2) is 4.98 Å². The fourth-order valence-corrected chi connectivity index (χ4v) is 3.06. The van der Waals surface area contributed by atoms with Crippen molar-refractivity contribution >= 4 is 28.3 Å². The van der Waals surface area contributed by atoms with Crippen LogP contribution in [0, 0.1) is 6.92 Å². The summed E-state index contributed by atoms with van der Waals surface area (Å²) in [5, 5.41) is 2.09. The second-order valence-electron chi connectivity index (χ2n) is 4.52. The lowest BCUT2D eigenvalue weighted by molar-refractivity contribution is 0.680. The smallest absolute Gasteiger partial charge is 0.201 e. The van der Waals surface area contributed by atoms with Crippen molar-refractivity contribution in [2.75, 3.05) is 5.73 Å². The number of thiophene rings is 1. The number of nitrogens with two attached hydrogens (primary N) is 1. The number of aryl methyl sites for hydroxylation is 1. The fourth-order valence-electron chi connectivity index (χ4n) is 2.28. The number of hydrogen-bond acceptors (Lipinski definition) is 3. The zero-order valence-corrected chi connectivity index (χ0v) is 11.2. The Balaban J connectivity index is 2.22. The Morgan fingerprint density at radius 1 is 1.33 bits per heavy atom. The standard InChI is InChI=1S/C14H15N3S/c1-9-5-6-11-12(8-9)17(14(15)16-11)10(2)13-4-3-7-18-13/h3-8,10H,1-2H3,(H2,15,16). The number of nitrogens with zero attached hydrogens (tertiary/aromatic N) is 2. The van der Waals surface area contributed by atoms with E-state index in [1.54, 1.807) is 11.3 Å². The van der Waals surface area contributed by atoms with E-state index >= 15 is 0 Å². The van der Waals surface area contributed by atoms with Gasteiger partial charge < -0.3 is 10.3 Å². The van der Waals surface area contributed by atoms with Crippen molar-refractivity contribution in [3.63, 3.8) is 0 Å². The third-order valence-electron chi connectivity index (χ3n) is 3.21. The van der Waals surface area contributed by atoms with Crippen molar-refractivity contribution in [2.24, 2.45) is 0 Å². The molecule has 0 fully saturated rings. The number of fused-ring (bicyclic) bond motifs is 1. The van der Waals surface area contributed by atoms with Crippen LogP contribution >= 0.6 is 11.3 Å². The molecule has 18 heavy (non-hydrogen) atoms. The maximum absolute atomic E-state index is 6.07. The molecule has 0 amide bonds. The van der Waals surface area contributed by atoms with E-state index in [-0.39, 0.29) is 6.04 Å². The van der Waals surface area contributed by atoms with Gasteiger partial charge in [-0.3, -0.25) is 0 Å². The highest BCUT2D eigenvalue weighted by Crippen LogP contribution is 2.29. The maximum atomic E-state index is 6.07. The van der Waals surface area contributed by atoms with Crippen molar-refractivity contribution in [1.82, 2.24) is 9.55 Å². The second-order valence-corrected chi connectivity index (χ2v) is 5.50. The molecule has 0 radical (unpaired) electrons. The Hall–Kier alpha value is -1.81. The van der Waals surface area contributed by atoms with E-state index in [2.05, 4.69) is 53.0 Å². The van der Waals surface area contributed by atoms with E-state index in [1.807, 2.05) is 6.07 Å². The van der Waals surface area contributed by atoms with E-state index in [0.717, 1.165) is 11.0 Å². The highest BCUT2D eigenvalue weighted by Gasteiger charge is 2.16. The molecular weight excluding hydrogens is 242 g/mol. The van der Waals surface area contributed by atoms with Crippen LogP contribution in [0.3, 0.4) is 0 Å². The van der Waals surface area contributed by atoms with Gasteiger partial charge in [-0.1, -0.05) is 12.1 Å². The number of hydrogen-bond donors (Lipinski definition) is 1. The van der Waals surface area contributed by atoms with Gasteiger partial charge in [-0.15, -0.1) is 11.3 Å². The minimum absolute atomic E-state index is 0.219. The van der Waals surface area contributed by atoms with Crippen LogP contribution in [0.1, 0.15) is 23.4 Å². The van der Waals surface area contributed by atoms with Crippen LogP contribution in [-0.2, 0) is 0 Å². The summed E-state index contributed by atoms with van der Waals surface area (Å²) in [5.74, 6) is 0.580. The summed E-state index contributed by atoms with van der Waals surface area (Å²) >= 11 is 1.75. The lowest BCUT2D eigenvalue weighted by atomic mass is 10.2. The molecule has 0 spiro atoms. The number of anilines is 1. The molecule has 1 unspecified atom stereocenters. The summed E-state index contributed by atoms with van der Waals surface area (Å²) in [5.41, 5.74) is 9.36. The first-order chi connectivity index (χ1) is 8.66. The quantitative estimate of drug-likeness (QED) is 0.762. The zero-order valence-electron chi connectivity index (χ0n) is 10.4. The number of imidazole rings is 1. The summed E-state index contributed by atoms with van der Waals surface area (Å²) < 4.78 is 2.11. The number of benzene rings is 1. The Bertz CT molecular complexity index is 682. The Morgan fingerprint density at radius 2 is 2.17 bits per heavy atom. The van der Waals surface area contributed by atoms with Crippen LogP contribution in [0.25, 0.3) is 11.0 Å². The minimum atomic E-state index is 0.219. The first-order valence-electron chi connectivity index (χ1n) is 5.94. The van der Waals surface area contributed by atoms with Crippen LogP contribution in [0.4, 0.5) is 5.95 Å². The molecule has 4 heteroatoms. The van der Waals surface area contributed by atoms with E-state index < -0.39 is 0 Å². The molecule has 0 saturated carbocycles. The maximum Gasteiger partial charge on any atom is 0.201 e. The first kappa shape index (κ1) is 11.3. The highest BCUT2D eigenvalue weighted by atomic mass is 32.1. The van der Waals surface area contributed by atoms with Crippen molar-refractivity contribution in [3.8, 4) is 0 Å². The van der Waals surface area contributed by atoms with Gasteiger partial charge in [0.1, 0.15) is 0 Å². The monoisotopic (exact) mass is 257 g/mol. The second kappa shape index (κ2) is 4.14.